The number of rotatable bonds is 9. The van der Waals surface area contributed by atoms with Gasteiger partial charge >= 0.3 is 0 Å². The molecule has 0 aliphatic rings. The molecule has 1 N–H and O–H groups in total. The highest BCUT2D eigenvalue weighted by Crippen LogP contribution is 2.32. The summed E-state index contributed by atoms with van der Waals surface area (Å²) in [6.45, 7) is 7.02. The second-order valence-corrected chi connectivity index (χ2v) is 5.63. The maximum absolute atomic E-state index is 10.1. The van der Waals surface area contributed by atoms with E-state index in [-0.39, 0.29) is 6.61 Å². The van der Waals surface area contributed by atoms with Crippen LogP contribution in [0.15, 0.2) is 18.2 Å². The molecule has 3 nitrogen and oxygen atoms in total. The molecule has 1 rings (SSSR count). The van der Waals surface area contributed by atoms with Gasteiger partial charge in [0.1, 0.15) is 12.7 Å². The van der Waals surface area contributed by atoms with Crippen molar-refractivity contribution in [3.8, 4) is 5.75 Å². The van der Waals surface area contributed by atoms with Crippen molar-refractivity contribution in [2.45, 2.75) is 32.8 Å². The summed E-state index contributed by atoms with van der Waals surface area (Å²) in [5.74, 6) is 0.437. The summed E-state index contributed by atoms with van der Waals surface area (Å²) in [7, 11) is 0. The molecule has 0 aromatic heterocycles. The van der Waals surface area contributed by atoms with Gasteiger partial charge in [-0.05, 0) is 38.1 Å². The standard InChI is InChI=1S/C15H23Cl2NO2/c1-3-8-18(9-4-2)10-12(19)11-20-15-13(16)6-5-7-14(15)17/h5-7,12,19H,3-4,8-11H2,1-2H3/t12-/m0/s1. The van der Waals surface area contributed by atoms with Crippen molar-refractivity contribution in [3.05, 3.63) is 28.2 Å². The summed E-state index contributed by atoms with van der Waals surface area (Å²) in [5.41, 5.74) is 0. The number of hydrogen-bond donors (Lipinski definition) is 1. The van der Waals surface area contributed by atoms with Gasteiger partial charge in [-0.15, -0.1) is 0 Å². The van der Waals surface area contributed by atoms with Gasteiger partial charge in [0.2, 0.25) is 0 Å². The molecule has 1 aromatic carbocycles. The summed E-state index contributed by atoms with van der Waals surface area (Å²) >= 11 is 12.0. The predicted molar refractivity (Wildman–Crippen MR) is 85.0 cm³/mol. The molecular weight excluding hydrogens is 297 g/mol. The zero-order valence-electron chi connectivity index (χ0n) is 12.1. The van der Waals surface area contributed by atoms with E-state index in [4.69, 9.17) is 27.9 Å². The van der Waals surface area contributed by atoms with Gasteiger partial charge in [-0.2, -0.15) is 0 Å². The molecule has 5 heteroatoms. The molecule has 0 heterocycles. The van der Waals surface area contributed by atoms with E-state index in [2.05, 4.69) is 18.7 Å². The number of para-hydroxylation sites is 1. The first-order chi connectivity index (χ1) is 9.58. The van der Waals surface area contributed by atoms with E-state index in [1.165, 1.54) is 0 Å². The predicted octanol–water partition coefficient (Wildman–Crippen LogP) is 3.86. The third-order valence-electron chi connectivity index (χ3n) is 2.89. The highest BCUT2D eigenvalue weighted by molar-refractivity contribution is 6.37. The van der Waals surface area contributed by atoms with Crippen molar-refractivity contribution in [3.63, 3.8) is 0 Å². The van der Waals surface area contributed by atoms with Gasteiger partial charge in [0, 0.05) is 6.54 Å². The van der Waals surface area contributed by atoms with Crippen LogP contribution in [0.5, 0.6) is 5.75 Å². The summed E-state index contributed by atoms with van der Waals surface area (Å²) in [6.07, 6.45) is 1.59. The van der Waals surface area contributed by atoms with Crippen LogP contribution in [0.3, 0.4) is 0 Å². The molecule has 0 fully saturated rings. The van der Waals surface area contributed by atoms with Crippen LogP contribution in [0, 0.1) is 0 Å². The molecule has 0 saturated carbocycles. The third-order valence-corrected chi connectivity index (χ3v) is 3.48. The molecule has 0 spiro atoms. The smallest absolute Gasteiger partial charge is 0.156 e. The largest absolute Gasteiger partial charge is 0.488 e. The minimum atomic E-state index is -0.555. The molecule has 0 saturated heterocycles. The Hall–Kier alpha value is -0.480. The Morgan fingerprint density at radius 3 is 2.20 bits per heavy atom. The van der Waals surface area contributed by atoms with E-state index in [9.17, 15) is 5.11 Å². The fraction of sp³-hybridized carbons (Fsp3) is 0.600. The molecule has 1 aromatic rings. The Balaban J connectivity index is 2.48. The van der Waals surface area contributed by atoms with Gasteiger partial charge in [0.25, 0.3) is 0 Å². The molecule has 0 amide bonds. The van der Waals surface area contributed by atoms with Crippen LogP contribution >= 0.6 is 23.2 Å². The summed E-state index contributed by atoms with van der Waals surface area (Å²) in [5, 5.41) is 11.0. The number of hydrogen-bond acceptors (Lipinski definition) is 3. The zero-order valence-corrected chi connectivity index (χ0v) is 13.6. The minimum Gasteiger partial charge on any atom is -0.488 e. The lowest BCUT2D eigenvalue weighted by Crippen LogP contribution is -2.36. The first-order valence-electron chi connectivity index (χ1n) is 7.05. The lowest BCUT2D eigenvalue weighted by Gasteiger charge is -2.24. The molecule has 0 bridgehead atoms. The monoisotopic (exact) mass is 319 g/mol. The first kappa shape index (κ1) is 17.6. The van der Waals surface area contributed by atoms with Gasteiger partial charge < -0.3 is 14.7 Å². The van der Waals surface area contributed by atoms with Crippen LogP contribution in [0.1, 0.15) is 26.7 Å². The molecular formula is C15H23Cl2NO2. The van der Waals surface area contributed by atoms with Crippen LogP contribution in [0.25, 0.3) is 0 Å². The maximum Gasteiger partial charge on any atom is 0.156 e. The number of aliphatic hydroxyl groups excluding tert-OH is 1. The zero-order chi connectivity index (χ0) is 15.0. The van der Waals surface area contributed by atoms with Gasteiger partial charge in [-0.1, -0.05) is 43.1 Å². The first-order valence-corrected chi connectivity index (χ1v) is 7.81. The Bertz CT molecular complexity index is 375. The van der Waals surface area contributed by atoms with E-state index < -0.39 is 6.10 Å². The number of aliphatic hydroxyl groups is 1. The van der Waals surface area contributed by atoms with Crippen LogP contribution in [0.2, 0.25) is 10.0 Å². The molecule has 114 valence electrons. The summed E-state index contributed by atoms with van der Waals surface area (Å²) in [4.78, 5) is 2.24. The SMILES string of the molecule is CCCN(CCC)C[C@H](O)COc1c(Cl)cccc1Cl. The van der Waals surface area contributed by atoms with Gasteiger partial charge in [0.05, 0.1) is 10.0 Å². The highest BCUT2D eigenvalue weighted by atomic mass is 35.5. The van der Waals surface area contributed by atoms with Crippen molar-refractivity contribution in [1.82, 2.24) is 4.90 Å². The highest BCUT2D eigenvalue weighted by Gasteiger charge is 2.13. The number of ether oxygens (including phenoxy) is 1. The van der Waals surface area contributed by atoms with Crippen molar-refractivity contribution in [2.24, 2.45) is 0 Å². The third kappa shape index (κ3) is 5.88. The van der Waals surface area contributed by atoms with Gasteiger partial charge in [-0.25, -0.2) is 0 Å². The van der Waals surface area contributed by atoms with Crippen molar-refractivity contribution in [1.29, 1.82) is 0 Å². The number of halogens is 2. The van der Waals surface area contributed by atoms with E-state index in [1.54, 1.807) is 18.2 Å². The molecule has 0 radical (unpaired) electrons. The Morgan fingerprint density at radius 1 is 1.15 bits per heavy atom. The topological polar surface area (TPSA) is 32.7 Å². The fourth-order valence-corrected chi connectivity index (χ4v) is 2.58. The Kier molecular flexibility index (Phi) is 8.31. The van der Waals surface area contributed by atoms with Crippen LogP contribution < -0.4 is 4.74 Å². The fourth-order valence-electron chi connectivity index (χ4n) is 2.08. The molecule has 0 aliphatic carbocycles. The van der Waals surface area contributed by atoms with Crippen molar-refractivity contribution in [2.75, 3.05) is 26.2 Å². The second-order valence-electron chi connectivity index (χ2n) is 4.82. The molecule has 20 heavy (non-hydrogen) atoms. The van der Waals surface area contributed by atoms with Crippen LogP contribution in [-0.4, -0.2) is 42.4 Å². The molecule has 1 atom stereocenters. The Morgan fingerprint density at radius 2 is 1.70 bits per heavy atom. The van der Waals surface area contributed by atoms with E-state index in [1.807, 2.05) is 0 Å². The van der Waals surface area contributed by atoms with Crippen molar-refractivity contribution < 1.29 is 9.84 Å². The average Bonchev–Trinajstić information content (AvgIpc) is 2.38. The molecule has 0 aliphatic heterocycles. The van der Waals surface area contributed by atoms with Gasteiger partial charge in [-0.3, -0.25) is 0 Å². The van der Waals surface area contributed by atoms with Crippen LogP contribution in [0.4, 0.5) is 0 Å². The number of benzene rings is 1. The molecule has 0 unspecified atom stereocenters. The van der Waals surface area contributed by atoms with Crippen LogP contribution in [-0.2, 0) is 0 Å². The van der Waals surface area contributed by atoms with Gasteiger partial charge in [0.15, 0.2) is 5.75 Å². The minimum absolute atomic E-state index is 0.188. The van der Waals surface area contributed by atoms with Crippen molar-refractivity contribution >= 4 is 23.2 Å². The average molecular weight is 320 g/mol. The lowest BCUT2D eigenvalue weighted by molar-refractivity contribution is 0.0682. The van der Waals surface area contributed by atoms with E-state index >= 15 is 0 Å². The summed E-state index contributed by atoms with van der Waals surface area (Å²) in [6, 6.07) is 5.20. The quantitative estimate of drug-likeness (QED) is 0.750. The Labute approximate surface area is 131 Å². The van der Waals surface area contributed by atoms with E-state index in [0.717, 1.165) is 25.9 Å². The normalized spacial score (nSPS) is 12.7. The second kappa shape index (κ2) is 9.46. The number of nitrogens with zero attached hydrogens (tertiary/aromatic N) is 1. The van der Waals surface area contributed by atoms with E-state index in [0.29, 0.717) is 22.3 Å². The summed E-state index contributed by atoms with van der Waals surface area (Å²) < 4.78 is 5.55. The maximum atomic E-state index is 10.1. The lowest BCUT2D eigenvalue weighted by atomic mass is 10.3.